The predicted molar refractivity (Wildman–Crippen MR) is 49.4 cm³/mol. The van der Waals surface area contributed by atoms with Crippen molar-refractivity contribution in [1.82, 2.24) is 19.9 Å². The predicted octanol–water partition coefficient (Wildman–Crippen LogP) is 1.61. The molecule has 0 saturated heterocycles. The molecule has 0 saturated carbocycles. The fourth-order valence-corrected chi connectivity index (χ4v) is 1.40. The van der Waals surface area contributed by atoms with Crippen LogP contribution in [0.15, 0.2) is 35.6 Å². The molecule has 0 bridgehead atoms. The van der Waals surface area contributed by atoms with E-state index in [-0.39, 0.29) is 0 Å². The van der Waals surface area contributed by atoms with Crippen molar-refractivity contribution in [2.75, 3.05) is 0 Å². The van der Waals surface area contributed by atoms with Gasteiger partial charge in [0.15, 0.2) is 12.2 Å². The SMILES string of the molecule is c1nc(-c2cnco2)c2cc[nH]c2n1. The molecule has 3 heterocycles. The van der Waals surface area contributed by atoms with Crippen molar-refractivity contribution >= 4 is 11.0 Å². The maximum Gasteiger partial charge on any atom is 0.181 e. The van der Waals surface area contributed by atoms with Crippen molar-refractivity contribution < 1.29 is 4.42 Å². The molecule has 3 aromatic rings. The van der Waals surface area contributed by atoms with Gasteiger partial charge in [0.1, 0.15) is 17.7 Å². The van der Waals surface area contributed by atoms with E-state index in [0.717, 1.165) is 16.7 Å². The van der Waals surface area contributed by atoms with Crippen LogP contribution in [-0.4, -0.2) is 19.9 Å². The third-order valence-electron chi connectivity index (χ3n) is 2.02. The average molecular weight is 186 g/mol. The zero-order chi connectivity index (χ0) is 9.38. The van der Waals surface area contributed by atoms with Gasteiger partial charge in [-0.25, -0.2) is 15.0 Å². The first-order chi connectivity index (χ1) is 6.95. The van der Waals surface area contributed by atoms with Crippen molar-refractivity contribution in [2.24, 2.45) is 0 Å². The average Bonchev–Trinajstić information content (AvgIpc) is 2.88. The highest BCUT2D eigenvalue weighted by Crippen LogP contribution is 2.23. The molecule has 0 aliphatic rings. The highest BCUT2D eigenvalue weighted by molar-refractivity contribution is 5.88. The second kappa shape index (κ2) is 2.66. The van der Waals surface area contributed by atoms with Gasteiger partial charge in [0.05, 0.1) is 6.20 Å². The molecular weight excluding hydrogens is 180 g/mol. The Kier molecular flexibility index (Phi) is 1.38. The van der Waals surface area contributed by atoms with Crippen LogP contribution in [0.4, 0.5) is 0 Å². The van der Waals surface area contributed by atoms with Gasteiger partial charge in [-0.3, -0.25) is 0 Å². The fourth-order valence-electron chi connectivity index (χ4n) is 1.40. The minimum Gasteiger partial charge on any atom is -0.442 e. The molecule has 0 aliphatic carbocycles. The topological polar surface area (TPSA) is 67.6 Å². The van der Waals surface area contributed by atoms with Gasteiger partial charge in [0.25, 0.3) is 0 Å². The first-order valence-electron chi connectivity index (χ1n) is 4.12. The quantitative estimate of drug-likeness (QED) is 0.626. The lowest BCUT2D eigenvalue weighted by Crippen LogP contribution is -1.85. The molecule has 1 N–H and O–H groups in total. The molecule has 0 amide bonds. The van der Waals surface area contributed by atoms with Gasteiger partial charge in [-0.1, -0.05) is 0 Å². The molecule has 5 nitrogen and oxygen atoms in total. The van der Waals surface area contributed by atoms with Crippen LogP contribution in [0.25, 0.3) is 22.5 Å². The third-order valence-corrected chi connectivity index (χ3v) is 2.02. The van der Waals surface area contributed by atoms with Crippen LogP contribution in [0, 0.1) is 0 Å². The van der Waals surface area contributed by atoms with E-state index in [4.69, 9.17) is 4.42 Å². The largest absolute Gasteiger partial charge is 0.442 e. The molecule has 0 fully saturated rings. The van der Waals surface area contributed by atoms with E-state index in [1.165, 1.54) is 12.7 Å². The fraction of sp³-hybridized carbons (Fsp3) is 0. The number of nitrogens with one attached hydrogen (secondary N) is 1. The van der Waals surface area contributed by atoms with Gasteiger partial charge in [0.2, 0.25) is 0 Å². The summed E-state index contributed by atoms with van der Waals surface area (Å²) in [5, 5.41) is 0.934. The van der Waals surface area contributed by atoms with Crippen molar-refractivity contribution in [3.8, 4) is 11.5 Å². The molecule has 0 radical (unpaired) electrons. The second-order valence-corrected chi connectivity index (χ2v) is 2.83. The Labute approximate surface area is 78.8 Å². The monoisotopic (exact) mass is 186 g/mol. The number of oxazole rings is 1. The number of aromatic amines is 1. The van der Waals surface area contributed by atoms with Crippen molar-refractivity contribution in [2.45, 2.75) is 0 Å². The Morgan fingerprint density at radius 3 is 3.14 bits per heavy atom. The molecular formula is C9H6N4O. The molecule has 0 unspecified atom stereocenters. The molecule has 68 valence electrons. The lowest BCUT2D eigenvalue weighted by atomic mass is 10.2. The number of nitrogens with zero attached hydrogens (tertiary/aromatic N) is 3. The third kappa shape index (κ3) is 0.922. The molecule has 14 heavy (non-hydrogen) atoms. The minimum atomic E-state index is 0.650. The van der Waals surface area contributed by atoms with E-state index in [9.17, 15) is 0 Å². The maximum absolute atomic E-state index is 5.18. The minimum absolute atomic E-state index is 0.650. The summed E-state index contributed by atoms with van der Waals surface area (Å²) >= 11 is 0. The Balaban J connectivity index is 2.36. The van der Waals surface area contributed by atoms with Crippen molar-refractivity contribution in [3.05, 3.63) is 31.2 Å². The summed E-state index contributed by atoms with van der Waals surface area (Å²) in [5.74, 6) is 0.650. The first kappa shape index (κ1) is 7.25. The summed E-state index contributed by atoms with van der Waals surface area (Å²) in [5.41, 5.74) is 1.56. The number of fused-ring (bicyclic) bond motifs is 1. The van der Waals surface area contributed by atoms with E-state index in [1.807, 2.05) is 12.3 Å². The Morgan fingerprint density at radius 1 is 1.29 bits per heavy atom. The van der Waals surface area contributed by atoms with E-state index in [1.54, 1.807) is 6.20 Å². The summed E-state index contributed by atoms with van der Waals surface area (Å²) in [6.07, 6.45) is 6.33. The van der Waals surface area contributed by atoms with Crippen LogP contribution in [0.5, 0.6) is 0 Å². The maximum atomic E-state index is 5.18. The van der Waals surface area contributed by atoms with E-state index >= 15 is 0 Å². The van der Waals surface area contributed by atoms with Gasteiger partial charge < -0.3 is 9.40 Å². The second-order valence-electron chi connectivity index (χ2n) is 2.83. The number of hydrogen-bond acceptors (Lipinski definition) is 4. The van der Waals surface area contributed by atoms with Gasteiger partial charge in [0, 0.05) is 11.6 Å². The summed E-state index contributed by atoms with van der Waals surface area (Å²) < 4.78 is 5.18. The van der Waals surface area contributed by atoms with E-state index in [2.05, 4.69) is 19.9 Å². The highest BCUT2D eigenvalue weighted by Gasteiger charge is 2.08. The Morgan fingerprint density at radius 2 is 2.29 bits per heavy atom. The van der Waals surface area contributed by atoms with Crippen molar-refractivity contribution in [1.29, 1.82) is 0 Å². The summed E-state index contributed by atoms with van der Waals surface area (Å²) in [4.78, 5) is 15.1. The number of H-pyrrole nitrogens is 1. The lowest BCUT2D eigenvalue weighted by Gasteiger charge is -1.95. The first-order valence-corrected chi connectivity index (χ1v) is 4.12. The number of aromatic nitrogens is 4. The molecule has 0 aliphatic heterocycles. The van der Waals surface area contributed by atoms with Crippen molar-refractivity contribution in [3.63, 3.8) is 0 Å². The van der Waals surface area contributed by atoms with Crippen LogP contribution >= 0.6 is 0 Å². The smallest absolute Gasteiger partial charge is 0.181 e. The van der Waals surface area contributed by atoms with Gasteiger partial charge >= 0.3 is 0 Å². The summed E-state index contributed by atoms with van der Waals surface area (Å²) in [6, 6.07) is 1.91. The lowest BCUT2D eigenvalue weighted by molar-refractivity contribution is 0.570. The van der Waals surface area contributed by atoms with Crippen LogP contribution in [0.2, 0.25) is 0 Å². The van der Waals surface area contributed by atoms with Crippen LogP contribution in [0.3, 0.4) is 0 Å². The van der Waals surface area contributed by atoms with E-state index in [0.29, 0.717) is 5.76 Å². The van der Waals surface area contributed by atoms with Crippen LogP contribution in [-0.2, 0) is 0 Å². The molecule has 5 heteroatoms. The molecule has 3 rings (SSSR count). The standard InChI is InChI=1S/C9H6N4O/c1-2-11-9-6(1)8(12-4-13-9)7-3-10-5-14-7/h1-5H,(H,11,12,13). The van der Waals surface area contributed by atoms with Gasteiger partial charge in [-0.15, -0.1) is 0 Å². The summed E-state index contributed by atoms with van der Waals surface area (Å²) in [6.45, 7) is 0. The molecule has 0 spiro atoms. The molecule has 0 aromatic carbocycles. The van der Waals surface area contributed by atoms with Gasteiger partial charge in [-0.2, -0.15) is 0 Å². The van der Waals surface area contributed by atoms with Gasteiger partial charge in [-0.05, 0) is 6.07 Å². The Hall–Kier alpha value is -2.17. The zero-order valence-corrected chi connectivity index (χ0v) is 7.14. The normalized spacial score (nSPS) is 10.9. The van der Waals surface area contributed by atoms with Crippen LogP contribution < -0.4 is 0 Å². The zero-order valence-electron chi connectivity index (χ0n) is 7.14. The molecule has 0 atom stereocenters. The number of hydrogen-bond donors (Lipinski definition) is 1. The summed E-state index contributed by atoms with van der Waals surface area (Å²) in [7, 11) is 0. The van der Waals surface area contributed by atoms with Crippen LogP contribution in [0.1, 0.15) is 0 Å². The highest BCUT2D eigenvalue weighted by atomic mass is 16.3. The van der Waals surface area contributed by atoms with E-state index < -0.39 is 0 Å². The number of rotatable bonds is 1. The molecule has 3 aromatic heterocycles. The Bertz CT molecular complexity index is 555.